The minimum Gasteiger partial charge on any atom is -0.481 e. The summed E-state index contributed by atoms with van der Waals surface area (Å²) in [6.07, 6.45) is -0.0529. The number of aromatic nitrogens is 3. The molecule has 5 rings (SSSR count). The topological polar surface area (TPSA) is 144 Å². The largest absolute Gasteiger partial charge is 0.481 e. The van der Waals surface area contributed by atoms with E-state index in [2.05, 4.69) is 31.9 Å². The van der Waals surface area contributed by atoms with E-state index in [1.54, 1.807) is 0 Å². The summed E-state index contributed by atoms with van der Waals surface area (Å²) in [6.45, 7) is 5.94. The number of aliphatic carboxylic acids is 1. The van der Waals surface area contributed by atoms with Crippen LogP contribution in [-0.4, -0.2) is 43.7 Å². The molecule has 0 bridgehead atoms. The maximum Gasteiger partial charge on any atom is 0.311 e. The number of carboxylic acid groups (broad SMARTS) is 1. The Morgan fingerprint density at radius 2 is 1.98 bits per heavy atom. The Kier molecular flexibility index (Phi) is 7.09. The van der Waals surface area contributed by atoms with Crippen LogP contribution in [-0.2, 0) is 21.4 Å². The minimum atomic E-state index is -1.78. The van der Waals surface area contributed by atoms with Crippen molar-refractivity contribution in [2.45, 2.75) is 56.5 Å². The van der Waals surface area contributed by atoms with E-state index in [9.17, 15) is 14.9 Å². The predicted octanol–water partition coefficient (Wildman–Crippen LogP) is 4.98. The molecule has 1 spiro atoms. The zero-order chi connectivity index (χ0) is 29.9. The van der Waals surface area contributed by atoms with Crippen LogP contribution in [0.15, 0.2) is 36.4 Å². The molecule has 2 aliphatic rings. The lowest BCUT2D eigenvalue weighted by Crippen LogP contribution is -2.48. The van der Waals surface area contributed by atoms with Crippen molar-refractivity contribution >= 4 is 41.0 Å². The van der Waals surface area contributed by atoms with Crippen molar-refractivity contribution in [2.75, 3.05) is 5.32 Å². The van der Waals surface area contributed by atoms with E-state index in [4.69, 9.17) is 28.3 Å². The van der Waals surface area contributed by atoms with Crippen LogP contribution in [0.2, 0.25) is 10.0 Å². The number of nitriles is 1. The number of carbonyl (C=O) groups is 2. The van der Waals surface area contributed by atoms with Gasteiger partial charge >= 0.3 is 5.97 Å². The fourth-order valence-electron chi connectivity index (χ4n) is 6.50. The number of aromatic amines is 1. The van der Waals surface area contributed by atoms with Gasteiger partial charge in [-0.2, -0.15) is 10.2 Å². The normalized spacial score (nSPS) is 27.0. The van der Waals surface area contributed by atoms with Gasteiger partial charge in [0.15, 0.2) is 0 Å². The molecule has 2 heterocycles. The van der Waals surface area contributed by atoms with Crippen LogP contribution < -0.4 is 10.6 Å². The Morgan fingerprint density at radius 3 is 2.59 bits per heavy atom. The Bertz CT molecular complexity index is 1600. The molecule has 1 aromatic heterocycles. The standard InChI is InChI=1S/C28H26Cl2F2N6O3/c1-26(2,3)18-11-28(18)27(12-33,15-8-7-13(29)9-17(15)31)21(14-5-4-6-16(30)22(14)32)23(36-28)24(41)35-25-34-19(37-38-25)10-20(39)40/h4-9,18,21,23,36H,10-11H2,1-3H3,(H,39,40)(H2,34,35,37,38,41)/t18?,21-,23+,27+,28?/m0/s1. The van der Waals surface area contributed by atoms with Crippen molar-refractivity contribution in [3.63, 3.8) is 0 Å². The van der Waals surface area contributed by atoms with Crippen molar-refractivity contribution in [3.05, 3.63) is 75.0 Å². The molecule has 2 aromatic carbocycles. The molecule has 0 radical (unpaired) electrons. The van der Waals surface area contributed by atoms with Crippen molar-refractivity contribution in [3.8, 4) is 6.07 Å². The molecule has 9 nitrogen and oxygen atoms in total. The highest BCUT2D eigenvalue weighted by Gasteiger charge is 2.79. The maximum absolute atomic E-state index is 15.8. The number of H-pyrrole nitrogens is 1. The van der Waals surface area contributed by atoms with E-state index >= 15 is 8.78 Å². The number of benzene rings is 2. The summed E-state index contributed by atoms with van der Waals surface area (Å²) < 4.78 is 31.6. The number of halogens is 4. The zero-order valence-electron chi connectivity index (χ0n) is 22.2. The van der Waals surface area contributed by atoms with Crippen molar-refractivity contribution in [2.24, 2.45) is 11.3 Å². The molecule has 41 heavy (non-hydrogen) atoms. The summed E-state index contributed by atoms with van der Waals surface area (Å²) in [6, 6.07) is 9.30. The van der Waals surface area contributed by atoms with Crippen LogP contribution in [0.5, 0.6) is 0 Å². The molecular weight excluding hydrogens is 577 g/mol. The number of hydrogen-bond donors (Lipinski definition) is 4. The highest BCUT2D eigenvalue weighted by atomic mass is 35.5. The van der Waals surface area contributed by atoms with E-state index in [0.717, 1.165) is 6.07 Å². The zero-order valence-corrected chi connectivity index (χ0v) is 23.7. The maximum atomic E-state index is 15.8. The second-order valence-electron chi connectivity index (χ2n) is 11.5. The first-order valence-corrected chi connectivity index (χ1v) is 13.5. The third-order valence-corrected chi connectivity index (χ3v) is 8.67. The van der Waals surface area contributed by atoms with Gasteiger partial charge in [-0.05, 0) is 41.5 Å². The molecule has 1 saturated carbocycles. The van der Waals surface area contributed by atoms with Gasteiger partial charge in [0, 0.05) is 22.0 Å². The predicted molar refractivity (Wildman–Crippen MR) is 146 cm³/mol. The van der Waals surface area contributed by atoms with Crippen LogP contribution in [0.3, 0.4) is 0 Å². The second-order valence-corrected chi connectivity index (χ2v) is 12.4. The number of hydrogen-bond acceptors (Lipinski definition) is 6. The Balaban J connectivity index is 1.71. The quantitative estimate of drug-likeness (QED) is 0.311. The van der Waals surface area contributed by atoms with Crippen molar-refractivity contribution in [1.82, 2.24) is 20.5 Å². The van der Waals surface area contributed by atoms with Gasteiger partial charge in [0.1, 0.15) is 29.3 Å². The van der Waals surface area contributed by atoms with Gasteiger partial charge in [-0.15, -0.1) is 5.10 Å². The lowest BCUT2D eigenvalue weighted by Gasteiger charge is -2.37. The van der Waals surface area contributed by atoms with Crippen LogP contribution in [0, 0.1) is 34.3 Å². The minimum absolute atomic E-state index is 0.00526. The first kappa shape index (κ1) is 28.9. The van der Waals surface area contributed by atoms with Crippen molar-refractivity contribution < 1.29 is 23.5 Å². The Labute approximate surface area is 244 Å². The van der Waals surface area contributed by atoms with E-state index in [0.29, 0.717) is 6.42 Å². The fraction of sp³-hybridized carbons (Fsp3) is 0.393. The lowest BCUT2D eigenvalue weighted by molar-refractivity contribution is -0.136. The number of anilines is 1. The first-order chi connectivity index (χ1) is 19.2. The number of nitrogens with zero attached hydrogens (tertiary/aromatic N) is 3. The summed E-state index contributed by atoms with van der Waals surface area (Å²) >= 11 is 12.2. The smallest absolute Gasteiger partial charge is 0.311 e. The molecule has 2 fully saturated rings. The van der Waals surface area contributed by atoms with Gasteiger partial charge < -0.3 is 5.11 Å². The summed E-state index contributed by atoms with van der Waals surface area (Å²) in [5, 5.41) is 32.1. The van der Waals surface area contributed by atoms with E-state index in [1.165, 1.54) is 30.3 Å². The molecule has 1 aliphatic carbocycles. The van der Waals surface area contributed by atoms with Gasteiger partial charge in [0.25, 0.3) is 0 Å². The van der Waals surface area contributed by atoms with Gasteiger partial charge in [-0.3, -0.25) is 25.3 Å². The molecule has 5 atom stereocenters. The molecule has 3 aromatic rings. The van der Waals surface area contributed by atoms with Crippen LogP contribution in [0.25, 0.3) is 0 Å². The number of carbonyl (C=O) groups excluding carboxylic acids is 1. The van der Waals surface area contributed by atoms with E-state index in [-0.39, 0.29) is 44.3 Å². The number of amides is 1. The second kappa shape index (κ2) is 10.0. The average molecular weight is 603 g/mol. The number of carboxylic acids is 1. The number of rotatable bonds is 6. The van der Waals surface area contributed by atoms with E-state index < -0.39 is 52.8 Å². The van der Waals surface area contributed by atoms with Gasteiger partial charge in [-0.25, -0.2) is 8.78 Å². The molecule has 1 aliphatic heterocycles. The SMILES string of the molecule is CC(C)(C)C1CC12N[C@@H](C(=O)Nc1n[nH]c(CC(=O)O)n1)[C@H](c1cccc(Cl)c1F)[C@@]2(C#N)c1ccc(Cl)cc1F. The molecule has 13 heteroatoms. The van der Waals surface area contributed by atoms with Gasteiger partial charge in [0.05, 0.1) is 17.1 Å². The highest BCUT2D eigenvalue weighted by Crippen LogP contribution is 2.70. The summed E-state index contributed by atoms with van der Waals surface area (Å²) in [5.41, 5.74) is -3.36. The molecule has 1 saturated heterocycles. The summed E-state index contributed by atoms with van der Waals surface area (Å²) in [5.74, 6) is -5.14. The van der Waals surface area contributed by atoms with Crippen LogP contribution in [0.4, 0.5) is 14.7 Å². The first-order valence-electron chi connectivity index (χ1n) is 12.8. The highest BCUT2D eigenvalue weighted by molar-refractivity contribution is 6.31. The van der Waals surface area contributed by atoms with Crippen LogP contribution >= 0.6 is 23.2 Å². The Hall–Kier alpha value is -3.59. The third kappa shape index (κ3) is 4.64. The monoisotopic (exact) mass is 602 g/mol. The van der Waals surface area contributed by atoms with Gasteiger partial charge in [0.2, 0.25) is 11.9 Å². The molecule has 214 valence electrons. The van der Waals surface area contributed by atoms with Crippen LogP contribution in [0.1, 0.15) is 50.1 Å². The number of nitrogens with one attached hydrogen (secondary N) is 3. The Morgan fingerprint density at radius 1 is 1.24 bits per heavy atom. The van der Waals surface area contributed by atoms with Crippen molar-refractivity contribution in [1.29, 1.82) is 5.26 Å². The lowest BCUT2D eigenvalue weighted by atomic mass is 9.62. The average Bonchev–Trinajstić information content (AvgIpc) is 3.37. The third-order valence-electron chi connectivity index (χ3n) is 8.14. The fourth-order valence-corrected chi connectivity index (χ4v) is 6.85. The van der Waals surface area contributed by atoms with Gasteiger partial charge in [-0.1, -0.05) is 62.2 Å². The summed E-state index contributed by atoms with van der Waals surface area (Å²) in [4.78, 5) is 28.9. The molecule has 1 amide bonds. The molecule has 2 unspecified atom stereocenters. The van der Waals surface area contributed by atoms with E-state index in [1.807, 2.05) is 20.8 Å². The summed E-state index contributed by atoms with van der Waals surface area (Å²) in [7, 11) is 0. The molecular formula is C28H26Cl2F2N6O3. The molecule has 4 N–H and O–H groups in total.